The molecule has 0 spiro atoms. The predicted molar refractivity (Wildman–Crippen MR) is 80.3 cm³/mol. The van der Waals surface area contributed by atoms with Crippen LogP contribution in [0.15, 0.2) is 23.3 Å². The van der Waals surface area contributed by atoms with E-state index < -0.39 is 0 Å². The molecule has 104 valence electrons. The summed E-state index contributed by atoms with van der Waals surface area (Å²) in [6.07, 6.45) is 1.62. The van der Waals surface area contributed by atoms with Crippen LogP contribution in [0.3, 0.4) is 0 Å². The lowest BCUT2D eigenvalue weighted by atomic mass is 9.98. The Labute approximate surface area is 116 Å². The van der Waals surface area contributed by atoms with Crippen LogP contribution in [-0.4, -0.2) is 11.6 Å². The van der Waals surface area contributed by atoms with Gasteiger partial charge in [0, 0.05) is 11.5 Å². The van der Waals surface area contributed by atoms with Gasteiger partial charge in [-0.1, -0.05) is 39.0 Å². The minimum absolute atomic E-state index is 0.000428. The van der Waals surface area contributed by atoms with Gasteiger partial charge >= 0.3 is 0 Å². The molecule has 1 N–H and O–H groups in total. The smallest absolute Gasteiger partial charge is 0.242 e. The molecule has 3 nitrogen and oxygen atoms in total. The van der Waals surface area contributed by atoms with Crippen LogP contribution in [0.2, 0.25) is 0 Å². The Balaban J connectivity index is 2.94. The molecule has 0 bridgehead atoms. The number of hydrogen-bond donors (Lipinski definition) is 1. The van der Waals surface area contributed by atoms with E-state index in [9.17, 15) is 4.79 Å². The zero-order valence-corrected chi connectivity index (χ0v) is 12.6. The van der Waals surface area contributed by atoms with Gasteiger partial charge in [0.05, 0.1) is 5.71 Å². The molecule has 1 aromatic rings. The number of carbonyl (C=O) groups excluding carboxylic acids is 1. The molecular formula is C16H24N2O. The fourth-order valence-electron chi connectivity index (χ4n) is 1.81. The van der Waals surface area contributed by atoms with Gasteiger partial charge in [-0.3, -0.25) is 4.79 Å². The lowest BCUT2D eigenvalue weighted by Gasteiger charge is -2.11. The van der Waals surface area contributed by atoms with Gasteiger partial charge in [-0.15, -0.1) is 0 Å². The number of hydrazone groups is 1. The quantitative estimate of drug-likeness (QED) is 0.638. The summed E-state index contributed by atoms with van der Waals surface area (Å²) in [5.74, 6) is -0.0146. The largest absolute Gasteiger partial charge is 0.273 e. The van der Waals surface area contributed by atoms with E-state index in [1.54, 1.807) is 0 Å². The molecule has 1 aromatic carbocycles. The highest BCUT2D eigenvalue weighted by Gasteiger charge is 2.11. The molecule has 1 atom stereocenters. The Hall–Kier alpha value is -1.64. The maximum Gasteiger partial charge on any atom is 0.242 e. The highest BCUT2D eigenvalue weighted by atomic mass is 16.2. The maximum atomic E-state index is 11.8. The van der Waals surface area contributed by atoms with Gasteiger partial charge in [-0.2, -0.15) is 5.10 Å². The molecule has 1 rings (SSSR count). The number of rotatable bonds is 5. The van der Waals surface area contributed by atoms with E-state index in [0.29, 0.717) is 0 Å². The van der Waals surface area contributed by atoms with Crippen LogP contribution in [0.1, 0.15) is 50.3 Å². The van der Waals surface area contributed by atoms with Gasteiger partial charge in [0.2, 0.25) is 5.91 Å². The molecular weight excluding hydrogens is 236 g/mol. The number of benzene rings is 1. The second kappa shape index (κ2) is 7.07. The third kappa shape index (κ3) is 3.91. The molecule has 0 fully saturated rings. The third-order valence-corrected chi connectivity index (χ3v) is 3.61. The fourth-order valence-corrected chi connectivity index (χ4v) is 1.81. The van der Waals surface area contributed by atoms with Gasteiger partial charge in [0.25, 0.3) is 0 Å². The monoisotopic (exact) mass is 260 g/mol. The minimum Gasteiger partial charge on any atom is -0.273 e. The summed E-state index contributed by atoms with van der Waals surface area (Å²) in [6, 6.07) is 6.17. The van der Waals surface area contributed by atoms with Gasteiger partial charge in [-0.05, 0) is 37.8 Å². The molecule has 1 unspecified atom stereocenters. The number of aryl methyl sites for hydroxylation is 1. The van der Waals surface area contributed by atoms with Crippen LogP contribution in [-0.2, 0) is 4.79 Å². The van der Waals surface area contributed by atoms with Gasteiger partial charge in [0.15, 0.2) is 0 Å². The molecule has 0 aliphatic heterocycles. The summed E-state index contributed by atoms with van der Waals surface area (Å²) in [6.45, 7) is 10.1. The molecule has 1 amide bonds. The maximum absolute atomic E-state index is 11.8. The first kappa shape index (κ1) is 15.4. The zero-order chi connectivity index (χ0) is 14.4. The van der Waals surface area contributed by atoms with E-state index in [0.717, 1.165) is 24.1 Å². The molecule has 19 heavy (non-hydrogen) atoms. The van der Waals surface area contributed by atoms with Crippen molar-refractivity contribution in [2.75, 3.05) is 0 Å². The Morgan fingerprint density at radius 3 is 2.58 bits per heavy atom. The summed E-state index contributed by atoms with van der Waals surface area (Å²) in [5.41, 5.74) is 7.19. The van der Waals surface area contributed by atoms with Crippen LogP contribution in [0.4, 0.5) is 0 Å². The van der Waals surface area contributed by atoms with Gasteiger partial charge in [0.1, 0.15) is 0 Å². The average Bonchev–Trinajstić information content (AvgIpc) is 2.42. The Morgan fingerprint density at radius 1 is 1.32 bits per heavy atom. The first-order valence-electron chi connectivity index (χ1n) is 6.94. The van der Waals surface area contributed by atoms with E-state index in [1.807, 2.05) is 19.9 Å². The molecule has 0 aromatic heterocycles. The normalized spacial score (nSPS) is 13.2. The van der Waals surface area contributed by atoms with Crippen molar-refractivity contribution in [2.24, 2.45) is 11.0 Å². The van der Waals surface area contributed by atoms with Crippen molar-refractivity contribution in [3.05, 3.63) is 34.9 Å². The standard InChI is InChI=1S/C16H24N2O/c1-6-11(3)16(19)18-17-15(7-2)14-10-8-9-12(4)13(14)5/h8-11H,6-7H2,1-5H3,(H,18,19)/b17-15+. The van der Waals surface area contributed by atoms with Crippen LogP contribution in [0, 0.1) is 19.8 Å². The van der Waals surface area contributed by atoms with Gasteiger partial charge < -0.3 is 0 Å². The lowest BCUT2D eigenvalue weighted by Crippen LogP contribution is -2.26. The summed E-state index contributed by atoms with van der Waals surface area (Å²) in [7, 11) is 0. The SMILES string of the molecule is CC/C(=N\NC(=O)C(C)CC)c1cccc(C)c1C. The lowest BCUT2D eigenvalue weighted by molar-refractivity contribution is -0.124. The summed E-state index contributed by atoms with van der Waals surface area (Å²) in [4.78, 5) is 11.8. The van der Waals surface area contributed by atoms with E-state index in [1.165, 1.54) is 11.1 Å². The summed E-state index contributed by atoms with van der Waals surface area (Å²) in [5, 5.41) is 4.30. The van der Waals surface area contributed by atoms with E-state index in [4.69, 9.17) is 0 Å². The van der Waals surface area contributed by atoms with E-state index in [-0.39, 0.29) is 11.8 Å². The van der Waals surface area contributed by atoms with Crippen molar-refractivity contribution in [3.8, 4) is 0 Å². The Kier molecular flexibility index (Phi) is 5.74. The van der Waals surface area contributed by atoms with Crippen molar-refractivity contribution >= 4 is 11.6 Å². The summed E-state index contributed by atoms with van der Waals surface area (Å²) >= 11 is 0. The molecule has 3 heteroatoms. The van der Waals surface area contributed by atoms with E-state index in [2.05, 4.69) is 43.4 Å². The highest BCUT2D eigenvalue weighted by Crippen LogP contribution is 2.15. The van der Waals surface area contributed by atoms with Crippen LogP contribution in [0.5, 0.6) is 0 Å². The Bertz CT molecular complexity index is 478. The van der Waals surface area contributed by atoms with E-state index >= 15 is 0 Å². The second-order valence-electron chi connectivity index (χ2n) is 4.94. The van der Waals surface area contributed by atoms with Crippen molar-refractivity contribution in [3.63, 3.8) is 0 Å². The minimum atomic E-state index is -0.0150. The fraction of sp³-hybridized carbons (Fsp3) is 0.500. The van der Waals surface area contributed by atoms with Crippen molar-refractivity contribution in [1.82, 2.24) is 5.43 Å². The van der Waals surface area contributed by atoms with Crippen LogP contribution in [0.25, 0.3) is 0 Å². The highest BCUT2D eigenvalue weighted by molar-refractivity contribution is 6.02. The Morgan fingerprint density at radius 2 is 2.00 bits per heavy atom. The van der Waals surface area contributed by atoms with Crippen molar-refractivity contribution in [1.29, 1.82) is 0 Å². The number of hydrogen-bond acceptors (Lipinski definition) is 2. The number of nitrogens with one attached hydrogen (secondary N) is 1. The predicted octanol–water partition coefficient (Wildman–Crippen LogP) is 3.58. The van der Waals surface area contributed by atoms with Crippen LogP contribution < -0.4 is 5.43 Å². The first-order chi connectivity index (χ1) is 9.01. The van der Waals surface area contributed by atoms with Gasteiger partial charge in [-0.25, -0.2) is 5.43 Å². The third-order valence-electron chi connectivity index (χ3n) is 3.61. The number of carbonyl (C=O) groups is 1. The molecule has 0 aliphatic rings. The van der Waals surface area contributed by atoms with Crippen molar-refractivity contribution in [2.45, 2.75) is 47.5 Å². The first-order valence-corrected chi connectivity index (χ1v) is 6.94. The molecule has 0 radical (unpaired) electrons. The average molecular weight is 260 g/mol. The molecule has 0 aliphatic carbocycles. The van der Waals surface area contributed by atoms with Crippen molar-refractivity contribution < 1.29 is 4.79 Å². The number of amides is 1. The molecule has 0 heterocycles. The van der Waals surface area contributed by atoms with Crippen LogP contribution >= 0.6 is 0 Å². The summed E-state index contributed by atoms with van der Waals surface area (Å²) < 4.78 is 0. The molecule has 0 saturated heterocycles. The number of nitrogens with zero attached hydrogens (tertiary/aromatic N) is 1. The zero-order valence-electron chi connectivity index (χ0n) is 12.6. The molecule has 0 saturated carbocycles. The topological polar surface area (TPSA) is 41.5 Å². The second-order valence-corrected chi connectivity index (χ2v) is 4.94.